The number of fused-ring (bicyclic) bond motifs is 6. The van der Waals surface area contributed by atoms with E-state index in [-0.39, 0.29) is 21.4 Å². The number of rotatable bonds is 9. The molecule has 0 amide bonds. The summed E-state index contributed by atoms with van der Waals surface area (Å²) in [4.78, 5) is 10.9. The summed E-state index contributed by atoms with van der Waals surface area (Å²) >= 11 is 0. The van der Waals surface area contributed by atoms with E-state index in [1.54, 1.807) is 12.1 Å². The van der Waals surface area contributed by atoms with E-state index in [2.05, 4.69) is 88.4 Å². The number of nitrogens with two attached hydrogens (primary N) is 1. The minimum atomic E-state index is -0.286. The molecule has 4 aromatic rings. The molecule has 6 rings (SSSR count). The van der Waals surface area contributed by atoms with Gasteiger partial charge >= 0.3 is 0 Å². The molecule has 0 aromatic heterocycles. The van der Waals surface area contributed by atoms with Gasteiger partial charge in [-0.2, -0.15) is 0 Å². The van der Waals surface area contributed by atoms with Crippen LogP contribution in [0.4, 0.5) is 11.4 Å². The summed E-state index contributed by atoms with van der Waals surface area (Å²) < 4.78 is 0. The zero-order chi connectivity index (χ0) is 29.9. The van der Waals surface area contributed by atoms with Crippen LogP contribution in [0.15, 0.2) is 84.9 Å². The lowest BCUT2D eigenvalue weighted by molar-refractivity contribution is -0.384. The van der Waals surface area contributed by atoms with E-state index in [0.29, 0.717) is 0 Å². The van der Waals surface area contributed by atoms with Crippen molar-refractivity contribution >= 4 is 11.4 Å². The predicted molar refractivity (Wildman–Crippen MR) is 176 cm³/mol. The van der Waals surface area contributed by atoms with E-state index in [1.807, 2.05) is 12.1 Å². The normalized spacial score (nSPS) is 14.7. The lowest BCUT2D eigenvalue weighted by Crippen LogP contribution is -2.25. The summed E-state index contributed by atoms with van der Waals surface area (Å²) in [5.74, 6) is 0. The van der Waals surface area contributed by atoms with Crippen LogP contribution in [0.3, 0.4) is 0 Å². The Balaban J connectivity index is 0.000000169. The molecule has 0 unspecified atom stereocenters. The molecule has 0 bridgehead atoms. The molecule has 2 aliphatic carbocycles. The minimum absolute atomic E-state index is 0.0680. The van der Waals surface area contributed by atoms with Crippen molar-refractivity contribution < 1.29 is 4.92 Å². The van der Waals surface area contributed by atoms with Crippen molar-refractivity contribution in [3.63, 3.8) is 0 Å². The monoisotopic (exact) mass is 560 g/mol. The number of anilines is 1. The number of hydrogen-bond acceptors (Lipinski definition) is 3. The third-order valence-electron chi connectivity index (χ3n) is 9.46. The first-order valence-corrected chi connectivity index (χ1v) is 15.8. The highest BCUT2D eigenvalue weighted by Crippen LogP contribution is 2.55. The van der Waals surface area contributed by atoms with Crippen LogP contribution in [-0.2, 0) is 10.8 Å². The number of nitro benzene ring substituents is 1. The van der Waals surface area contributed by atoms with Gasteiger partial charge in [0.05, 0.1) is 4.92 Å². The van der Waals surface area contributed by atoms with Crippen molar-refractivity contribution in [1.29, 1.82) is 0 Å². The molecule has 218 valence electrons. The standard InChI is InChI=1S/C19H21NO2.C19H23N/c1-3-11-19(12-4-2)17-8-6-5-7-15(17)16-10-9-14(20(21)22)13-18(16)19;1-3-11-19(12-4-2)17-8-6-5-7-15(17)16-10-9-14(20)13-18(16)19/h5-10,13H,3-4,11-12H2,1-2H3;5-10,13H,3-4,11-12,20H2,1-2H3. The molecule has 0 spiro atoms. The van der Waals surface area contributed by atoms with Crippen LogP contribution in [0.1, 0.15) is 101 Å². The minimum Gasteiger partial charge on any atom is -0.399 e. The Morgan fingerprint density at radius 3 is 1.43 bits per heavy atom. The van der Waals surface area contributed by atoms with Crippen LogP contribution in [0, 0.1) is 10.1 Å². The molecule has 4 nitrogen and oxygen atoms in total. The Hall–Kier alpha value is -3.92. The van der Waals surface area contributed by atoms with E-state index in [4.69, 9.17) is 5.73 Å². The van der Waals surface area contributed by atoms with Gasteiger partial charge in [-0.1, -0.05) is 108 Å². The van der Waals surface area contributed by atoms with E-state index < -0.39 is 0 Å². The molecule has 0 saturated heterocycles. The molecule has 0 aliphatic heterocycles. The Kier molecular flexibility index (Phi) is 8.54. The SMILES string of the molecule is CCCC1(CCC)c2ccccc2-c2ccc(N)cc21.CCCC1(CCC)c2ccccc2-c2ccc([N+](=O)[O-])cc21. The van der Waals surface area contributed by atoms with Gasteiger partial charge in [0.2, 0.25) is 0 Å². The molecule has 4 heteroatoms. The van der Waals surface area contributed by atoms with Gasteiger partial charge in [0.25, 0.3) is 5.69 Å². The second kappa shape index (κ2) is 12.1. The maximum Gasteiger partial charge on any atom is 0.269 e. The molecule has 2 N–H and O–H groups in total. The van der Waals surface area contributed by atoms with Crippen molar-refractivity contribution in [2.75, 3.05) is 5.73 Å². The molecule has 42 heavy (non-hydrogen) atoms. The number of nitro groups is 1. The van der Waals surface area contributed by atoms with Crippen LogP contribution in [-0.4, -0.2) is 4.92 Å². The van der Waals surface area contributed by atoms with Gasteiger partial charge in [-0.15, -0.1) is 0 Å². The topological polar surface area (TPSA) is 69.2 Å². The zero-order valence-corrected chi connectivity index (χ0v) is 25.6. The van der Waals surface area contributed by atoms with Crippen molar-refractivity contribution in [2.45, 2.75) is 89.9 Å². The highest BCUT2D eigenvalue weighted by molar-refractivity contribution is 5.83. The molecular formula is C38H44N2O2. The van der Waals surface area contributed by atoms with Crippen molar-refractivity contribution in [3.8, 4) is 22.3 Å². The fourth-order valence-corrected chi connectivity index (χ4v) is 8.06. The average Bonchev–Trinajstić information content (AvgIpc) is 3.41. The van der Waals surface area contributed by atoms with Gasteiger partial charge in [0.15, 0.2) is 0 Å². The molecule has 0 saturated carbocycles. The van der Waals surface area contributed by atoms with Crippen LogP contribution in [0.5, 0.6) is 0 Å². The van der Waals surface area contributed by atoms with Crippen molar-refractivity contribution in [3.05, 3.63) is 117 Å². The number of nitrogen functional groups attached to an aromatic ring is 1. The lowest BCUT2D eigenvalue weighted by Gasteiger charge is -2.32. The van der Waals surface area contributed by atoms with E-state index in [0.717, 1.165) is 36.9 Å². The van der Waals surface area contributed by atoms with Gasteiger partial charge in [-0.3, -0.25) is 10.1 Å². The maximum absolute atomic E-state index is 11.2. The van der Waals surface area contributed by atoms with Crippen molar-refractivity contribution in [2.24, 2.45) is 0 Å². The number of benzene rings is 4. The van der Waals surface area contributed by atoms with Crippen LogP contribution < -0.4 is 5.73 Å². The lowest BCUT2D eigenvalue weighted by atomic mass is 9.71. The molecule has 0 atom stereocenters. The Labute approximate surface area is 251 Å². The molecule has 0 fully saturated rings. The fourth-order valence-electron chi connectivity index (χ4n) is 8.06. The number of nitrogens with zero attached hydrogens (tertiary/aromatic N) is 1. The molecule has 0 heterocycles. The predicted octanol–water partition coefficient (Wildman–Crippen LogP) is 10.6. The van der Waals surface area contributed by atoms with E-state index in [9.17, 15) is 10.1 Å². The Morgan fingerprint density at radius 1 is 0.571 bits per heavy atom. The van der Waals surface area contributed by atoms with Crippen molar-refractivity contribution in [1.82, 2.24) is 0 Å². The third kappa shape index (κ3) is 4.81. The summed E-state index contributed by atoms with van der Waals surface area (Å²) in [7, 11) is 0. The van der Waals surface area contributed by atoms with E-state index >= 15 is 0 Å². The van der Waals surface area contributed by atoms with Gasteiger partial charge in [0, 0.05) is 28.7 Å². The summed E-state index contributed by atoms with van der Waals surface area (Å²) in [5, 5.41) is 11.2. The highest BCUT2D eigenvalue weighted by Gasteiger charge is 2.43. The van der Waals surface area contributed by atoms with Crippen LogP contribution in [0.25, 0.3) is 22.3 Å². The maximum atomic E-state index is 11.2. The first-order chi connectivity index (χ1) is 20.4. The number of non-ortho nitro benzene ring substituents is 1. The van der Waals surface area contributed by atoms with Gasteiger partial charge in [-0.25, -0.2) is 0 Å². The zero-order valence-electron chi connectivity index (χ0n) is 25.6. The fraction of sp³-hybridized carbons (Fsp3) is 0.368. The Bertz CT molecular complexity index is 1580. The summed E-state index contributed by atoms with van der Waals surface area (Å²) in [6.07, 6.45) is 9.00. The molecule has 4 aromatic carbocycles. The highest BCUT2D eigenvalue weighted by atomic mass is 16.6. The smallest absolute Gasteiger partial charge is 0.269 e. The first-order valence-electron chi connectivity index (χ1n) is 15.8. The Morgan fingerprint density at radius 2 is 0.976 bits per heavy atom. The average molecular weight is 561 g/mol. The van der Waals surface area contributed by atoms with Gasteiger partial charge in [0.1, 0.15) is 0 Å². The summed E-state index contributed by atoms with van der Waals surface area (Å²) in [6.45, 7) is 8.94. The number of hydrogen-bond donors (Lipinski definition) is 1. The van der Waals surface area contributed by atoms with E-state index in [1.165, 1.54) is 64.6 Å². The van der Waals surface area contributed by atoms with Gasteiger partial charge < -0.3 is 5.73 Å². The first kappa shape index (κ1) is 29.6. The largest absolute Gasteiger partial charge is 0.399 e. The van der Waals surface area contributed by atoms with Crippen LogP contribution in [0.2, 0.25) is 0 Å². The molecular weight excluding hydrogens is 516 g/mol. The third-order valence-corrected chi connectivity index (χ3v) is 9.46. The quantitative estimate of drug-likeness (QED) is 0.126. The van der Waals surface area contributed by atoms with Crippen LogP contribution >= 0.6 is 0 Å². The second-order valence-electron chi connectivity index (χ2n) is 12.0. The molecule has 0 radical (unpaired) electrons. The summed E-state index contributed by atoms with van der Waals surface area (Å²) in [6, 6.07) is 29.2. The van der Waals surface area contributed by atoms with Gasteiger partial charge in [-0.05, 0) is 88.4 Å². The molecule has 2 aliphatic rings. The summed E-state index contributed by atoms with van der Waals surface area (Å²) in [5.41, 5.74) is 17.9. The second-order valence-corrected chi connectivity index (χ2v) is 12.0.